The Labute approximate surface area is 131 Å². The van der Waals surface area contributed by atoms with Crippen molar-refractivity contribution in [3.63, 3.8) is 0 Å². The quantitative estimate of drug-likeness (QED) is 0.645. The van der Waals surface area contributed by atoms with E-state index in [0.717, 1.165) is 31.9 Å². The molecule has 0 aromatic heterocycles. The molecule has 20 heavy (non-hydrogen) atoms. The molecule has 1 aromatic rings. The molecular weight excluding hydrogens is 347 g/mol. The van der Waals surface area contributed by atoms with Crippen LogP contribution in [0, 0.1) is 5.92 Å². The van der Waals surface area contributed by atoms with E-state index in [9.17, 15) is 9.18 Å². The number of carbonyl (C=O) groups is 1. The molecule has 1 aliphatic rings. The van der Waals surface area contributed by atoms with E-state index < -0.39 is 11.0 Å². The minimum Gasteiger partial charge on any atom is -0.369 e. The average molecular weight is 364 g/mol. The van der Waals surface area contributed by atoms with Gasteiger partial charge in [-0.2, -0.15) is 0 Å². The van der Waals surface area contributed by atoms with Crippen molar-refractivity contribution < 1.29 is 9.18 Å². The number of aldehydes is 1. The molecule has 2 rings (SSSR count). The summed E-state index contributed by atoms with van der Waals surface area (Å²) in [6.45, 7) is 3.75. The van der Waals surface area contributed by atoms with Crippen molar-refractivity contribution in [3.05, 3.63) is 29.8 Å². The number of hydrogen-bond acceptors (Lipinski definition) is 3. The van der Waals surface area contributed by atoms with E-state index in [-0.39, 0.29) is 5.33 Å². The maximum Gasteiger partial charge on any atom is 0.218 e. The smallest absolute Gasteiger partial charge is 0.218 e. The van der Waals surface area contributed by atoms with Crippen LogP contribution in [0.25, 0.3) is 0 Å². The first-order valence-electron chi connectivity index (χ1n) is 6.55. The van der Waals surface area contributed by atoms with E-state index in [4.69, 9.17) is 11.6 Å². The Bertz CT molecular complexity index is 449. The maximum absolute atomic E-state index is 14.5. The third-order valence-corrected chi connectivity index (χ3v) is 4.73. The molecule has 1 N–H and O–H groups in total. The Morgan fingerprint density at radius 2 is 2.00 bits per heavy atom. The minimum atomic E-state index is -2.17. The van der Waals surface area contributed by atoms with Crippen LogP contribution in [0.1, 0.15) is 5.56 Å². The zero-order valence-corrected chi connectivity index (χ0v) is 13.3. The van der Waals surface area contributed by atoms with Gasteiger partial charge in [0.1, 0.15) is 6.29 Å². The van der Waals surface area contributed by atoms with E-state index in [1.54, 1.807) is 12.1 Å². The molecule has 0 radical (unpaired) electrons. The summed E-state index contributed by atoms with van der Waals surface area (Å²) in [5.41, 5.74) is 1.36. The number of rotatable bonds is 5. The Morgan fingerprint density at radius 1 is 1.40 bits per heavy atom. The molecule has 2 unspecified atom stereocenters. The third-order valence-electron chi connectivity index (χ3n) is 3.53. The second-order valence-corrected chi connectivity index (χ2v) is 6.00. The van der Waals surface area contributed by atoms with Gasteiger partial charge < -0.3 is 15.0 Å². The highest BCUT2D eigenvalue weighted by Crippen LogP contribution is 2.39. The number of alkyl halides is 3. The molecule has 1 heterocycles. The fourth-order valence-electron chi connectivity index (χ4n) is 2.25. The molecule has 1 fully saturated rings. The largest absolute Gasteiger partial charge is 0.369 e. The topological polar surface area (TPSA) is 32.3 Å². The third kappa shape index (κ3) is 3.32. The van der Waals surface area contributed by atoms with Crippen LogP contribution in [0.15, 0.2) is 24.3 Å². The molecule has 0 spiro atoms. The number of hydrogen-bond donors (Lipinski definition) is 1. The summed E-state index contributed by atoms with van der Waals surface area (Å²) in [7, 11) is 0. The van der Waals surface area contributed by atoms with Gasteiger partial charge in [0.15, 0.2) is 0 Å². The van der Waals surface area contributed by atoms with Crippen molar-refractivity contribution in [1.82, 2.24) is 5.32 Å². The van der Waals surface area contributed by atoms with Crippen molar-refractivity contribution in [3.8, 4) is 0 Å². The monoisotopic (exact) mass is 362 g/mol. The van der Waals surface area contributed by atoms with E-state index in [1.165, 1.54) is 0 Å². The lowest BCUT2D eigenvalue weighted by molar-refractivity contribution is -0.113. The Hall–Kier alpha value is -0.650. The zero-order chi connectivity index (χ0) is 14.6. The van der Waals surface area contributed by atoms with Crippen LogP contribution >= 0.6 is 27.5 Å². The predicted molar refractivity (Wildman–Crippen MR) is 83.5 cm³/mol. The zero-order valence-electron chi connectivity index (χ0n) is 11.0. The van der Waals surface area contributed by atoms with Gasteiger partial charge in [0.2, 0.25) is 5.13 Å². The summed E-state index contributed by atoms with van der Waals surface area (Å²) < 4.78 is 14.5. The fourth-order valence-corrected chi connectivity index (χ4v) is 3.29. The van der Waals surface area contributed by atoms with E-state index >= 15 is 0 Å². The molecule has 2 atom stereocenters. The molecule has 1 saturated heterocycles. The predicted octanol–water partition coefficient (Wildman–Crippen LogP) is 2.67. The number of anilines is 1. The van der Waals surface area contributed by atoms with Gasteiger partial charge in [0.05, 0.1) is 5.92 Å². The summed E-state index contributed by atoms with van der Waals surface area (Å²) in [5, 5.41) is 1.30. The summed E-state index contributed by atoms with van der Waals surface area (Å²) in [6.07, 6.45) is 0.548. The molecule has 0 saturated carbocycles. The van der Waals surface area contributed by atoms with Crippen LogP contribution in [0.5, 0.6) is 0 Å². The highest BCUT2D eigenvalue weighted by Gasteiger charge is 2.38. The molecule has 6 heteroatoms. The highest BCUT2D eigenvalue weighted by atomic mass is 79.9. The molecule has 0 bridgehead atoms. The fraction of sp³-hybridized carbons (Fsp3) is 0.500. The second kappa shape index (κ2) is 6.87. The van der Waals surface area contributed by atoms with Crippen molar-refractivity contribution >= 4 is 39.5 Å². The van der Waals surface area contributed by atoms with Gasteiger partial charge in [-0.05, 0) is 12.1 Å². The van der Waals surface area contributed by atoms with Crippen molar-refractivity contribution in [1.29, 1.82) is 0 Å². The number of halogens is 3. The van der Waals surface area contributed by atoms with Crippen LogP contribution in [-0.4, -0.2) is 37.8 Å². The van der Waals surface area contributed by atoms with Crippen LogP contribution < -0.4 is 10.2 Å². The lowest BCUT2D eigenvalue weighted by atomic mass is 9.99. The van der Waals surface area contributed by atoms with Gasteiger partial charge >= 0.3 is 0 Å². The van der Waals surface area contributed by atoms with Gasteiger partial charge in [0, 0.05) is 42.8 Å². The van der Waals surface area contributed by atoms with E-state index in [2.05, 4.69) is 26.1 Å². The van der Waals surface area contributed by atoms with E-state index in [1.807, 2.05) is 12.1 Å². The van der Waals surface area contributed by atoms with Gasteiger partial charge in [0.25, 0.3) is 0 Å². The van der Waals surface area contributed by atoms with Crippen LogP contribution in [-0.2, 0) is 9.92 Å². The number of nitrogens with one attached hydrogen (secondary N) is 1. The number of benzene rings is 1. The van der Waals surface area contributed by atoms with Gasteiger partial charge in [-0.15, -0.1) is 0 Å². The molecule has 0 aliphatic carbocycles. The normalized spacial score (nSPS) is 20.2. The SMILES string of the molecule is O=CC(CBr)C(F)(Cl)c1ccc(N2CCNCC2)cc1. The highest BCUT2D eigenvalue weighted by molar-refractivity contribution is 9.09. The first-order chi connectivity index (χ1) is 9.59. The maximum atomic E-state index is 14.5. The van der Waals surface area contributed by atoms with Crippen LogP contribution in [0.3, 0.4) is 0 Å². The first-order valence-corrected chi connectivity index (χ1v) is 8.05. The Kier molecular flexibility index (Phi) is 5.41. The standard InChI is InChI=1S/C14H17BrClFN2O/c15-9-12(10-20)14(16,17)11-1-3-13(4-2-11)19-7-5-18-6-8-19/h1-4,10,12,18H,5-9H2. The van der Waals surface area contributed by atoms with Crippen molar-refractivity contribution in [2.75, 3.05) is 36.4 Å². The van der Waals surface area contributed by atoms with Gasteiger partial charge in [-0.25, -0.2) is 4.39 Å². The van der Waals surface area contributed by atoms with E-state index in [0.29, 0.717) is 11.8 Å². The number of nitrogens with zero attached hydrogens (tertiary/aromatic N) is 1. The molecule has 1 aliphatic heterocycles. The van der Waals surface area contributed by atoms with Crippen LogP contribution in [0.4, 0.5) is 10.1 Å². The average Bonchev–Trinajstić information content (AvgIpc) is 2.49. The number of carbonyl (C=O) groups excluding carboxylic acids is 1. The molecular formula is C14H17BrClFN2O. The first kappa shape index (κ1) is 15.7. The summed E-state index contributed by atoms with van der Waals surface area (Å²) in [4.78, 5) is 13.1. The molecule has 0 amide bonds. The summed E-state index contributed by atoms with van der Waals surface area (Å²) >= 11 is 9.03. The Morgan fingerprint density at radius 3 is 2.50 bits per heavy atom. The lowest BCUT2D eigenvalue weighted by Crippen LogP contribution is -2.43. The van der Waals surface area contributed by atoms with Gasteiger partial charge in [-0.3, -0.25) is 0 Å². The lowest BCUT2D eigenvalue weighted by Gasteiger charge is -2.30. The van der Waals surface area contributed by atoms with Crippen molar-refractivity contribution in [2.24, 2.45) is 5.92 Å². The Balaban J connectivity index is 2.16. The van der Waals surface area contributed by atoms with Gasteiger partial charge in [-0.1, -0.05) is 39.7 Å². The number of piperazine rings is 1. The second-order valence-electron chi connectivity index (χ2n) is 4.80. The summed E-state index contributed by atoms with van der Waals surface area (Å²) in [6, 6.07) is 7.02. The molecule has 3 nitrogen and oxygen atoms in total. The molecule has 1 aromatic carbocycles. The molecule has 110 valence electrons. The van der Waals surface area contributed by atoms with Crippen LogP contribution in [0.2, 0.25) is 0 Å². The minimum absolute atomic E-state index is 0.191. The van der Waals surface area contributed by atoms with Crippen molar-refractivity contribution in [2.45, 2.75) is 5.13 Å². The summed E-state index contributed by atoms with van der Waals surface area (Å²) in [5.74, 6) is -0.908.